The Labute approximate surface area is 198 Å². The molecule has 1 amide bonds. The van der Waals surface area contributed by atoms with Crippen LogP contribution in [-0.4, -0.2) is 28.5 Å². The molecule has 3 aromatic rings. The van der Waals surface area contributed by atoms with Gasteiger partial charge in [0.05, 0.1) is 24.3 Å². The molecule has 34 heavy (non-hydrogen) atoms. The molecule has 0 aliphatic rings. The number of carbonyl (C=O) groups excluding carboxylic acids is 1. The van der Waals surface area contributed by atoms with E-state index in [1.54, 1.807) is 24.4 Å². The van der Waals surface area contributed by atoms with Crippen molar-refractivity contribution in [3.63, 3.8) is 0 Å². The number of hydrogen-bond acceptors (Lipinski definition) is 5. The van der Waals surface area contributed by atoms with Crippen LogP contribution in [-0.2, 0) is 4.79 Å². The van der Waals surface area contributed by atoms with Crippen molar-refractivity contribution in [2.24, 2.45) is 5.92 Å². The summed E-state index contributed by atoms with van der Waals surface area (Å²) >= 11 is 0. The number of pyridine rings is 1. The third kappa shape index (κ3) is 6.34. The van der Waals surface area contributed by atoms with Gasteiger partial charge in [-0.1, -0.05) is 33.1 Å². The van der Waals surface area contributed by atoms with Gasteiger partial charge >= 0.3 is 5.97 Å². The first kappa shape index (κ1) is 25.2. The molecular formula is C26H32FN3O4. The maximum absolute atomic E-state index is 13.8. The lowest BCUT2D eigenvalue weighted by molar-refractivity contribution is -0.136. The lowest BCUT2D eigenvalue weighted by atomic mass is 9.91. The number of aliphatic carboxylic acids is 1. The van der Waals surface area contributed by atoms with Gasteiger partial charge in [0.15, 0.2) is 0 Å². The molecule has 0 radical (unpaired) electrons. The van der Waals surface area contributed by atoms with Crippen LogP contribution >= 0.6 is 0 Å². The van der Waals surface area contributed by atoms with E-state index in [2.05, 4.69) is 29.5 Å². The molecule has 1 aromatic carbocycles. The van der Waals surface area contributed by atoms with Crippen molar-refractivity contribution in [3.8, 4) is 0 Å². The van der Waals surface area contributed by atoms with Gasteiger partial charge in [0.25, 0.3) is 5.91 Å². The Morgan fingerprint density at radius 1 is 1.21 bits per heavy atom. The summed E-state index contributed by atoms with van der Waals surface area (Å²) in [7, 11) is 0. The topological polar surface area (TPSA) is 104 Å². The maximum atomic E-state index is 13.8. The summed E-state index contributed by atoms with van der Waals surface area (Å²) in [6, 6.07) is 7.74. The second kappa shape index (κ2) is 11.6. The Bertz CT molecular complexity index is 1130. The third-order valence-electron chi connectivity index (χ3n) is 5.99. The number of benzene rings is 1. The molecule has 3 N–H and O–H groups in total. The van der Waals surface area contributed by atoms with Crippen molar-refractivity contribution in [2.75, 3.05) is 11.9 Å². The van der Waals surface area contributed by atoms with Gasteiger partial charge in [-0.15, -0.1) is 0 Å². The number of carboxylic acid groups (broad SMARTS) is 1. The van der Waals surface area contributed by atoms with Gasteiger partial charge in [0.1, 0.15) is 22.9 Å². The van der Waals surface area contributed by atoms with E-state index in [-0.39, 0.29) is 36.4 Å². The van der Waals surface area contributed by atoms with Crippen molar-refractivity contribution < 1.29 is 23.5 Å². The van der Waals surface area contributed by atoms with Gasteiger partial charge in [0.2, 0.25) is 0 Å². The molecular weight excluding hydrogens is 437 g/mol. The standard InChI is InChI=1S/C26H32FN3O4/c1-4-5-6-7-16(2)24(25-17(3)20-14-18(27)8-11-22(20)34-25)30-19-9-10-21(29-15-19)26(33)28-13-12-23(31)32/h8-11,14-16,24,30H,4-7,12-13H2,1-3H3,(H,28,33)(H,31,32). The summed E-state index contributed by atoms with van der Waals surface area (Å²) in [5.74, 6) is -0.706. The highest BCUT2D eigenvalue weighted by molar-refractivity contribution is 5.92. The number of nitrogens with one attached hydrogen (secondary N) is 2. The molecule has 7 nitrogen and oxygen atoms in total. The number of nitrogens with zero attached hydrogens (tertiary/aromatic N) is 1. The second-order valence-corrected chi connectivity index (χ2v) is 8.66. The predicted octanol–water partition coefficient (Wildman–Crippen LogP) is 5.85. The molecule has 0 saturated heterocycles. The van der Waals surface area contributed by atoms with Crippen molar-refractivity contribution >= 4 is 28.5 Å². The van der Waals surface area contributed by atoms with Crippen LogP contribution in [0.15, 0.2) is 40.9 Å². The molecule has 2 atom stereocenters. The van der Waals surface area contributed by atoms with Gasteiger partial charge in [-0.3, -0.25) is 9.59 Å². The number of rotatable bonds is 12. The fraction of sp³-hybridized carbons (Fsp3) is 0.423. The largest absolute Gasteiger partial charge is 0.481 e. The number of furan rings is 1. The fourth-order valence-corrected chi connectivity index (χ4v) is 4.02. The maximum Gasteiger partial charge on any atom is 0.305 e. The molecule has 182 valence electrons. The molecule has 0 aliphatic carbocycles. The highest BCUT2D eigenvalue weighted by Crippen LogP contribution is 2.37. The molecule has 2 unspecified atom stereocenters. The molecule has 0 aliphatic heterocycles. The zero-order valence-corrected chi connectivity index (χ0v) is 19.9. The van der Waals surface area contributed by atoms with E-state index in [4.69, 9.17) is 9.52 Å². The van der Waals surface area contributed by atoms with E-state index < -0.39 is 11.9 Å². The first-order valence-corrected chi connectivity index (χ1v) is 11.7. The van der Waals surface area contributed by atoms with Crippen LogP contribution < -0.4 is 10.6 Å². The van der Waals surface area contributed by atoms with Crippen LogP contribution in [0, 0.1) is 18.7 Å². The highest BCUT2D eigenvalue weighted by atomic mass is 19.1. The number of aromatic nitrogens is 1. The first-order valence-electron chi connectivity index (χ1n) is 11.7. The minimum absolute atomic E-state index is 0.0408. The Hall–Kier alpha value is -3.42. The van der Waals surface area contributed by atoms with Crippen LogP contribution in [0.1, 0.15) is 73.8 Å². The second-order valence-electron chi connectivity index (χ2n) is 8.66. The summed E-state index contributed by atoms with van der Waals surface area (Å²) in [5, 5.41) is 15.5. The number of carboxylic acids is 1. The molecule has 0 fully saturated rings. The summed E-state index contributed by atoms with van der Waals surface area (Å²) in [5.41, 5.74) is 2.48. The summed E-state index contributed by atoms with van der Waals surface area (Å²) in [4.78, 5) is 27.0. The van der Waals surface area contributed by atoms with E-state index in [1.165, 1.54) is 12.1 Å². The van der Waals surface area contributed by atoms with Gasteiger partial charge in [-0.05, 0) is 49.6 Å². The molecule has 0 bridgehead atoms. The van der Waals surface area contributed by atoms with Crippen LogP contribution in [0.4, 0.5) is 10.1 Å². The summed E-state index contributed by atoms with van der Waals surface area (Å²) in [6.07, 6.45) is 5.80. The normalized spacial score (nSPS) is 12.9. The number of unbranched alkanes of at least 4 members (excludes halogenated alkanes) is 2. The van der Waals surface area contributed by atoms with Gasteiger partial charge < -0.3 is 20.2 Å². The minimum atomic E-state index is -0.976. The number of halogens is 1. The summed E-state index contributed by atoms with van der Waals surface area (Å²) < 4.78 is 20.0. The van der Waals surface area contributed by atoms with Gasteiger partial charge in [-0.25, -0.2) is 9.37 Å². The number of hydrogen-bond donors (Lipinski definition) is 3. The van der Waals surface area contributed by atoms with Crippen molar-refractivity contribution in [3.05, 3.63) is 59.4 Å². The molecule has 2 aromatic heterocycles. The van der Waals surface area contributed by atoms with Crippen LogP contribution in [0.5, 0.6) is 0 Å². The SMILES string of the molecule is CCCCCC(C)C(Nc1ccc(C(=O)NCCC(=O)O)nc1)c1oc2ccc(F)cc2c1C. The number of aryl methyl sites for hydroxylation is 1. The molecule has 3 rings (SSSR count). The van der Waals surface area contributed by atoms with Gasteiger partial charge in [-0.2, -0.15) is 0 Å². The van der Waals surface area contributed by atoms with E-state index in [0.29, 0.717) is 5.58 Å². The lowest BCUT2D eigenvalue weighted by Gasteiger charge is -2.25. The number of carbonyl (C=O) groups is 2. The molecule has 2 heterocycles. The van der Waals surface area contributed by atoms with E-state index in [0.717, 1.165) is 48.1 Å². The first-order chi connectivity index (χ1) is 16.3. The van der Waals surface area contributed by atoms with Crippen LogP contribution in [0.25, 0.3) is 11.0 Å². The monoisotopic (exact) mass is 469 g/mol. The van der Waals surface area contributed by atoms with Crippen molar-refractivity contribution in [2.45, 2.75) is 58.9 Å². The zero-order chi connectivity index (χ0) is 24.7. The molecule has 8 heteroatoms. The van der Waals surface area contributed by atoms with E-state index >= 15 is 0 Å². The fourth-order valence-electron chi connectivity index (χ4n) is 4.02. The number of amides is 1. The third-order valence-corrected chi connectivity index (χ3v) is 5.99. The van der Waals surface area contributed by atoms with Crippen molar-refractivity contribution in [1.29, 1.82) is 0 Å². The highest BCUT2D eigenvalue weighted by Gasteiger charge is 2.26. The number of fused-ring (bicyclic) bond motifs is 1. The van der Waals surface area contributed by atoms with E-state index in [1.807, 2.05) is 6.92 Å². The Morgan fingerprint density at radius 3 is 2.68 bits per heavy atom. The minimum Gasteiger partial charge on any atom is -0.481 e. The number of anilines is 1. The lowest BCUT2D eigenvalue weighted by Crippen LogP contribution is -2.26. The van der Waals surface area contributed by atoms with Crippen molar-refractivity contribution in [1.82, 2.24) is 10.3 Å². The van der Waals surface area contributed by atoms with Gasteiger partial charge in [0, 0.05) is 17.5 Å². The van der Waals surface area contributed by atoms with Crippen LogP contribution in [0.2, 0.25) is 0 Å². The average Bonchev–Trinajstić information content (AvgIpc) is 3.13. The Balaban J connectivity index is 1.81. The quantitative estimate of drug-likeness (QED) is 0.288. The Morgan fingerprint density at radius 2 is 2.00 bits per heavy atom. The Kier molecular flexibility index (Phi) is 8.62. The molecule has 0 saturated carbocycles. The molecule has 0 spiro atoms. The average molecular weight is 470 g/mol. The summed E-state index contributed by atoms with van der Waals surface area (Å²) in [6.45, 7) is 6.32. The van der Waals surface area contributed by atoms with E-state index in [9.17, 15) is 14.0 Å². The zero-order valence-electron chi connectivity index (χ0n) is 19.9. The predicted molar refractivity (Wildman–Crippen MR) is 129 cm³/mol. The van der Waals surface area contributed by atoms with Crippen LogP contribution in [0.3, 0.4) is 0 Å². The smallest absolute Gasteiger partial charge is 0.305 e.